The Morgan fingerprint density at radius 3 is 2.11 bits per heavy atom. The summed E-state index contributed by atoms with van der Waals surface area (Å²) in [6, 6.07) is 14.2. The van der Waals surface area contributed by atoms with Crippen LogP contribution in [0.2, 0.25) is 0 Å². The number of hydrogen-bond acceptors (Lipinski definition) is 3. The molecule has 142 valence electrons. The Kier molecular flexibility index (Phi) is 6.47. The molecule has 3 rings (SSSR count). The molecule has 1 aliphatic carbocycles. The van der Waals surface area contributed by atoms with Gasteiger partial charge in [-0.3, -0.25) is 9.59 Å². The molecule has 0 aliphatic heterocycles. The van der Waals surface area contributed by atoms with Crippen molar-refractivity contribution < 1.29 is 14.3 Å². The predicted octanol–water partition coefficient (Wildman–Crippen LogP) is 4.86. The van der Waals surface area contributed by atoms with Gasteiger partial charge in [0.1, 0.15) is 5.75 Å². The summed E-state index contributed by atoms with van der Waals surface area (Å²) in [6.07, 6.45) is 5.41. The molecule has 5 nitrogen and oxygen atoms in total. The van der Waals surface area contributed by atoms with Gasteiger partial charge < -0.3 is 15.4 Å². The predicted molar refractivity (Wildman–Crippen MR) is 107 cm³/mol. The smallest absolute Gasteiger partial charge is 0.255 e. The average Bonchev–Trinajstić information content (AvgIpc) is 2.71. The van der Waals surface area contributed by atoms with Crippen LogP contribution in [0.4, 0.5) is 11.4 Å². The Hall–Kier alpha value is -2.82. The lowest BCUT2D eigenvalue weighted by Crippen LogP contribution is -2.24. The van der Waals surface area contributed by atoms with E-state index in [1.807, 2.05) is 31.2 Å². The van der Waals surface area contributed by atoms with Crippen molar-refractivity contribution in [3.8, 4) is 5.75 Å². The second-order valence-corrected chi connectivity index (χ2v) is 6.81. The molecular weight excluding hydrogens is 340 g/mol. The van der Waals surface area contributed by atoms with Gasteiger partial charge in [0.25, 0.3) is 5.91 Å². The van der Waals surface area contributed by atoms with Gasteiger partial charge in [-0.05, 0) is 68.3 Å². The van der Waals surface area contributed by atoms with Crippen LogP contribution in [0, 0.1) is 5.92 Å². The second-order valence-electron chi connectivity index (χ2n) is 6.81. The maximum atomic E-state index is 12.4. The molecule has 1 aliphatic rings. The number of carbonyl (C=O) groups excluding carboxylic acids is 2. The fourth-order valence-electron chi connectivity index (χ4n) is 3.32. The summed E-state index contributed by atoms with van der Waals surface area (Å²) < 4.78 is 5.39. The van der Waals surface area contributed by atoms with E-state index in [1.54, 1.807) is 24.3 Å². The molecule has 2 N–H and O–H groups in total. The third-order valence-corrected chi connectivity index (χ3v) is 4.81. The highest BCUT2D eigenvalue weighted by Crippen LogP contribution is 2.25. The van der Waals surface area contributed by atoms with Crippen molar-refractivity contribution in [2.75, 3.05) is 17.2 Å². The molecule has 27 heavy (non-hydrogen) atoms. The zero-order valence-electron chi connectivity index (χ0n) is 15.7. The number of benzene rings is 2. The molecule has 2 aromatic carbocycles. The summed E-state index contributed by atoms with van der Waals surface area (Å²) in [4.78, 5) is 24.7. The van der Waals surface area contributed by atoms with Gasteiger partial charge in [-0.15, -0.1) is 0 Å². The number of anilines is 2. The van der Waals surface area contributed by atoms with Crippen LogP contribution in [0.5, 0.6) is 5.75 Å². The normalized spacial score (nSPS) is 14.4. The topological polar surface area (TPSA) is 67.4 Å². The molecule has 0 unspecified atom stereocenters. The minimum Gasteiger partial charge on any atom is -0.494 e. The van der Waals surface area contributed by atoms with Crippen molar-refractivity contribution in [3.63, 3.8) is 0 Å². The van der Waals surface area contributed by atoms with Crippen molar-refractivity contribution in [1.82, 2.24) is 0 Å². The fourth-order valence-corrected chi connectivity index (χ4v) is 3.32. The highest BCUT2D eigenvalue weighted by Gasteiger charge is 2.21. The number of ether oxygens (including phenoxy) is 1. The number of nitrogens with one attached hydrogen (secondary N) is 2. The van der Waals surface area contributed by atoms with Crippen molar-refractivity contribution in [2.45, 2.75) is 39.0 Å². The number of carbonyl (C=O) groups is 2. The van der Waals surface area contributed by atoms with E-state index in [0.29, 0.717) is 17.9 Å². The zero-order valence-corrected chi connectivity index (χ0v) is 15.7. The fraction of sp³-hybridized carbons (Fsp3) is 0.364. The third-order valence-electron chi connectivity index (χ3n) is 4.81. The first kappa shape index (κ1) is 19.0. The van der Waals surface area contributed by atoms with Gasteiger partial charge in [0, 0.05) is 22.9 Å². The molecule has 0 radical (unpaired) electrons. The van der Waals surface area contributed by atoms with E-state index in [-0.39, 0.29) is 17.7 Å². The van der Waals surface area contributed by atoms with Gasteiger partial charge in [-0.25, -0.2) is 0 Å². The maximum absolute atomic E-state index is 12.4. The van der Waals surface area contributed by atoms with Gasteiger partial charge >= 0.3 is 0 Å². The molecule has 1 saturated carbocycles. The summed E-state index contributed by atoms with van der Waals surface area (Å²) in [7, 11) is 0. The van der Waals surface area contributed by atoms with E-state index < -0.39 is 0 Å². The molecule has 0 spiro atoms. The largest absolute Gasteiger partial charge is 0.494 e. The first-order valence-electron chi connectivity index (χ1n) is 9.61. The second kappa shape index (κ2) is 9.21. The number of amides is 2. The van der Waals surface area contributed by atoms with E-state index in [4.69, 9.17) is 4.74 Å². The van der Waals surface area contributed by atoms with Crippen LogP contribution in [-0.2, 0) is 4.79 Å². The molecule has 0 bridgehead atoms. The molecule has 5 heteroatoms. The third kappa shape index (κ3) is 5.33. The lowest BCUT2D eigenvalue weighted by atomic mass is 9.88. The molecule has 1 fully saturated rings. The monoisotopic (exact) mass is 366 g/mol. The minimum absolute atomic E-state index is 0.0845. The summed E-state index contributed by atoms with van der Waals surface area (Å²) in [5.41, 5.74) is 1.97. The van der Waals surface area contributed by atoms with E-state index in [2.05, 4.69) is 10.6 Å². The Bertz CT molecular complexity index is 763. The van der Waals surface area contributed by atoms with Gasteiger partial charge in [0.15, 0.2) is 0 Å². The van der Waals surface area contributed by atoms with Gasteiger partial charge in [-0.1, -0.05) is 19.3 Å². The molecule has 0 heterocycles. The summed E-state index contributed by atoms with van der Waals surface area (Å²) in [5, 5.41) is 5.82. The number of rotatable bonds is 6. The first-order valence-corrected chi connectivity index (χ1v) is 9.61. The lowest BCUT2D eigenvalue weighted by Gasteiger charge is -2.20. The Morgan fingerprint density at radius 1 is 0.889 bits per heavy atom. The van der Waals surface area contributed by atoms with Crippen molar-refractivity contribution in [1.29, 1.82) is 0 Å². The van der Waals surface area contributed by atoms with Gasteiger partial charge in [0.05, 0.1) is 6.61 Å². The minimum atomic E-state index is -0.190. The molecular formula is C22H26N2O3. The van der Waals surface area contributed by atoms with Crippen LogP contribution in [0.3, 0.4) is 0 Å². The van der Waals surface area contributed by atoms with Crippen LogP contribution in [0.1, 0.15) is 49.4 Å². The zero-order chi connectivity index (χ0) is 19.1. The van der Waals surface area contributed by atoms with Crippen molar-refractivity contribution in [2.24, 2.45) is 5.92 Å². The lowest BCUT2D eigenvalue weighted by molar-refractivity contribution is -0.120. The molecule has 0 atom stereocenters. The summed E-state index contributed by atoms with van der Waals surface area (Å²) >= 11 is 0. The van der Waals surface area contributed by atoms with Gasteiger partial charge in [-0.2, -0.15) is 0 Å². The van der Waals surface area contributed by atoms with Crippen LogP contribution in [0.25, 0.3) is 0 Å². The maximum Gasteiger partial charge on any atom is 0.255 e. The SMILES string of the molecule is CCOc1ccc(NC(=O)c2ccc(NC(=O)C3CCCCC3)cc2)cc1. The summed E-state index contributed by atoms with van der Waals surface area (Å²) in [5.74, 6) is 0.778. The average molecular weight is 366 g/mol. The first-order chi connectivity index (χ1) is 13.2. The van der Waals surface area contributed by atoms with Crippen LogP contribution >= 0.6 is 0 Å². The van der Waals surface area contributed by atoms with Gasteiger partial charge in [0.2, 0.25) is 5.91 Å². The summed E-state index contributed by atoms with van der Waals surface area (Å²) in [6.45, 7) is 2.53. The van der Waals surface area contributed by atoms with Crippen LogP contribution < -0.4 is 15.4 Å². The van der Waals surface area contributed by atoms with Crippen LogP contribution in [0.15, 0.2) is 48.5 Å². The highest BCUT2D eigenvalue weighted by molar-refractivity contribution is 6.04. The van der Waals surface area contributed by atoms with Crippen molar-refractivity contribution >= 4 is 23.2 Å². The molecule has 2 amide bonds. The quantitative estimate of drug-likeness (QED) is 0.767. The van der Waals surface area contributed by atoms with E-state index in [1.165, 1.54) is 6.42 Å². The highest BCUT2D eigenvalue weighted by atomic mass is 16.5. The standard InChI is InChI=1S/C22H26N2O3/c1-2-27-20-14-12-19(13-15-20)24-22(26)17-8-10-18(11-9-17)23-21(25)16-6-4-3-5-7-16/h8-16H,2-7H2,1H3,(H,23,25)(H,24,26). The molecule has 2 aromatic rings. The molecule has 0 aromatic heterocycles. The van der Waals surface area contributed by atoms with Crippen molar-refractivity contribution in [3.05, 3.63) is 54.1 Å². The van der Waals surface area contributed by atoms with Crippen LogP contribution in [-0.4, -0.2) is 18.4 Å². The molecule has 0 saturated heterocycles. The Morgan fingerprint density at radius 2 is 1.48 bits per heavy atom. The van der Waals surface area contributed by atoms with E-state index >= 15 is 0 Å². The van der Waals surface area contributed by atoms with E-state index in [9.17, 15) is 9.59 Å². The Labute approximate surface area is 160 Å². The Balaban J connectivity index is 1.55. The number of hydrogen-bond donors (Lipinski definition) is 2. The van der Waals surface area contributed by atoms with E-state index in [0.717, 1.165) is 37.1 Å².